The fourth-order valence-corrected chi connectivity index (χ4v) is 2.31. The van der Waals surface area contributed by atoms with Crippen molar-refractivity contribution in [1.82, 2.24) is 10.5 Å². The van der Waals surface area contributed by atoms with Crippen molar-refractivity contribution < 1.29 is 4.84 Å². The van der Waals surface area contributed by atoms with Crippen molar-refractivity contribution in [3.63, 3.8) is 0 Å². The quantitative estimate of drug-likeness (QED) is 0.795. The summed E-state index contributed by atoms with van der Waals surface area (Å²) in [6, 6.07) is 0. The molecule has 0 bridgehead atoms. The Hall–Kier alpha value is -0.650. The van der Waals surface area contributed by atoms with Gasteiger partial charge in [0, 0.05) is 24.2 Å². The summed E-state index contributed by atoms with van der Waals surface area (Å²) in [6.07, 6.45) is 1.91. The van der Waals surface area contributed by atoms with E-state index in [1.54, 1.807) is 11.3 Å². The number of thiazole rings is 1. The molecule has 1 heterocycles. The first kappa shape index (κ1) is 14.4. The molecule has 0 aliphatic heterocycles. The van der Waals surface area contributed by atoms with Crippen LogP contribution in [-0.4, -0.2) is 23.7 Å². The first-order chi connectivity index (χ1) is 7.96. The van der Waals surface area contributed by atoms with E-state index in [1.807, 2.05) is 27.0 Å². The molecule has 0 unspecified atom stereocenters. The van der Waals surface area contributed by atoms with Crippen LogP contribution in [0.15, 0.2) is 6.20 Å². The monoisotopic (exact) mass is 257 g/mol. The van der Waals surface area contributed by atoms with Gasteiger partial charge in [-0.25, -0.2) is 4.98 Å². The topological polar surface area (TPSA) is 37.4 Å². The van der Waals surface area contributed by atoms with Gasteiger partial charge < -0.3 is 4.90 Å². The molecular formula is C12H23N3OS. The summed E-state index contributed by atoms with van der Waals surface area (Å²) >= 11 is 1.71. The molecule has 0 atom stereocenters. The van der Waals surface area contributed by atoms with Crippen molar-refractivity contribution in [3.8, 4) is 0 Å². The molecule has 17 heavy (non-hydrogen) atoms. The number of nitrogens with one attached hydrogen (secondary N) is 1. The highest BCUT2D eigenvalue weighted by Crippen LogP contribution is 2.22. The van der Waals surface area contributed by atoms with Crippen LogP contribution in [0.5, 0.6) is 0 Å². The number of anilines is 1. The molecule has 0 aliphatic rings. The predicted molar refractivity (Wildman–Crippen MR) is 73.4 cm³/mol. The Labute approximate surface area is 108 Å². The van der Waals surface area contributed by atoms with Crippen molar-refractivity contribution in [2.75, 3.05) is 18.0 Å². The second-order valence-electron chi connectivity index (χ2n) is 4.82. The van der Waals surface area contributed by atoms with Gasteiger partial charge in [-0.05, 0) is 34.6 Å². The zero-order valence-corrected chi connectivity index (χ0v) is 12.2. The molecule has 0 fully saturated rings. The van der Waals surface area contributed by atoms with Crippen LogP contribution < -0.4 is 10.4 Å². The lowest BCUT2D eigenvalue weighted by Gasteiger charge is -2.19. The third-order valence-corrected chi connectivity index (χ3v) is 3.26. The molecule has 0 amide bonds. The van der Waals surface area contributed by atoms with E-state index in [0.29, 0.717) is 6.54 Å². The Kier molecular flexibility index (Phi) is 5.36. The van der Waals surface area contributed by atoms with Gasteiger partial charge in [0.2, 0.25) is 0 Å². The number of aromatic nitrogens is 1. The number of hydrogen-bond acceptors (Lipinski definition) is 5. The highest BCUT2D eigenvalue weighted by Gasteiger charge is 2.11. The third kappa shape index (κ3) is 5.02. The molecular weight excluding hydrogens is 234 g/mol. The van der Waals surface area contributed by atoms with E-state index in [2.05, 4.69) is 29.2 Å². The SMILES string of the molecule is CCN(CC)c1ncc(CNOC(C)(C)C)s1. The van der Waals surface area contributed by atoms with E-state index in [1.165, 1.54) is 4.88 Å². The lowest BCUT2D eigenvalue weighted by atomic mass is 10.2. The molecule has 1 N–H and O–H groups in total. The fourth-order valence-electron chi connectivity index (χ4n) is 1.34. The minimum atomic E-state index is -0.160. The zero-order valence-electron chi connectivity index (χ0n) is 11.4. The second-order valence-corrected chi connectivity index (χ2v) is 5.91. The summed E-state index contributed by atoms with van der Waals surface area (Å²) in [5.74, 6) is 0. The van der Waals surface area contributed by atoms with Gasteiger partial charge in [-0.3, -0.25) is 4.84 Å². The van der Waals surface area contributed by atoms with E-state index in [-0.39, 0.29) is 5.60 Å². The lowest BCUT2D eigenvalue weighted by molar-refractivity contribution is -0.0754. The van der Waals surface area contributed by atoms with Crippen LogP contribution in [0.3, 0.4) is 0 Å². The van der Waals surface area contributed by atoms with E-state index in [9.17, 15) is 0 Å². The molecule has 0 aromatic carbocycles. The molecule has 0 saturated heterocycles. The maximum absolute atomic E-state index is 5.47. The van der Waals surface area contributed by atoms with E-state index in [4.69, 9.17) is 4.84 Å². The molecule has 0 radical (unpaired) electrons. The molecule has 0 saturated carbocycles. The molecule has 5 heteroatoms. The smallest absolute Gasteiger partial charge is 0.185 e. The lowest BCUT2D eigenvalue weighted by Crippen LogP contribution is -2.28. The Morgan fingerprint density at radius 3 is 2.53 bits per heavy atom. The van der Waals surface area contributed by atoms with Gasteiger partial charge in [0.1, 0.15) is 0 Å². The highest BCUT2D eigenvalue weighted by molar-refractivity contribution is 7.15. The second kappa shape index (κ2) is 6.33. The number of rotatable bonds is 6. The van der Waals surface area contributed by atoms with Crippen LogP contribution in [0.4, 0.5) is 5.13 Å². The Balaban J connectivity index is 2.46. The van der Waals surface area contributed by atoms with Gasteiger partial charge in [0.15, 0.2) is 5.13 Å². The van der Waals surface area contributed by atoms with Crippen LogP contribution in [0.2, 0.25) is 0 Å². The summed E-state index contributed by atoms with van der Waals surface area (Å²) < 4.78 is 0. The first-order valence-electron chi connectivity index (χ1n) is 6.06. The number of hydrogen-bond donors (Lipinski definition) is 1. The summed E-state index contributed by atoms with van der Waals surface area (Å²) in [7, 11) is 0. The Bertz CT molecular complexity index is 329. The van der Waals surface area contributed by atoms with E-state index >= 15 is 0 Å². The van der Waals surface area contributed by atoms with E-state index in [0.717, 1.165) is 18.2 Å². The third-order valence-electron chi connectivity index (χ3n) is 2.20. The summed E-state index contributed by atoms with van der Waals surface area (Å²) in [5.41, 5.74) is 2.82. The van der Waals surface area contributed by atoms with Gasteiger partial charge in [-0.1, -0.05) is 0 Å². The normalized spacial score (nSPS) is 11.8. The zero-order chi connectivity index (χ0) is 12.9. The van der Waals surface area contributed by atoms with Gasteiger partial charge in [0.25, 0.3) is 0 Å². The average molecular weight is 257 g/mol. The number of nitrogens with zero attached hydrogens (tertiary/aromatic N) is 2. The molecule has 1 aromatic rings. The molecule has 1 aromatic heterocycles. The van der Waals surface area contributed by atoms with Crippen molar-refractivity contribution in [1.29, 1.82) is 0 Å². The van der Waals surface area contributed by atoms with Gasteiger partial charge in [-0.15, -0.1) is 11.3 Å². The minimum absolute atomic E-state index is 0.160. The van der Waals surface area contributed by atoms with Crippen LogP contribution in [-0.2, 0) is 11.4 Å². The van der Waals surface area contributed by atoms with Gasteiger partial charge >= 0.3 is 0 Å². The standard InChI is InChI=1S/C12H23N3OS/c1-6-15(7-2)11-13-8-10(17-11)9-14-16-12(3,4)5/h8,14H,6-7,9H2,1-5H3. The molecule has 98 valence electrons. The Morgan fingerprint density at radius 2 is 2.00 bits per heavy atom. The summed E-state index contributed by atoms with van der Waals surface area (Å²) in [4.78, 5) is 13.3. The van der Waals surface area contributed by atoms with Gasteiger partial charge in [0.05, 0.1) is 12.1 Å². The van der Waals surface area contributed by atoms with E-state index < -0.39 is 0 Å². The maximum Gasteiger partial charge on any atom is 0.185 e. The van der Waals surface area contributed by atoms with Gasteiger partial charge in [-0.2, -0.15) is 5.48 Å². The Morgan fingerprint density at radius 1 is 1.35 bits per heavy atom. The summed E-state index contributed by atoms with van der Waals surface area (Å²) in [5, 5.41) is 1.09. The van der Waals surface area contributed by atoms with Crippen molar-refractivity contribution in [2.45, 2.75) is 46.8 Å². The molecule has 4 nitrogen and oxygen atoms in total. The van der Waals surface area contributed by atoms with Crippen molar-refractivity contribution >= 4 is 16.5 Å². The minimum Gasteiger partial charge on any atom is -0.349 e. The van der Waals surface area contributed by atoms with Crippen LogP contribution in [0.25, 0.3) is 0 Å². The molecule has 0 aliphatic carbocycles. The van der Waals surface area contributed by atoms with Crippen molar-refractivity contribution in [2.24, 2.45) is 0 Å². The molecule has 1 rings (SSSR count). The summed E-state index contributed by atoms with van der Waals surface area (Å²) in [6.45, 7) is 13.0. The first-order valence-corrected chi connectivity index (χ1v) is 6.88. The predicted octanol–water partition coefficient (Wildman–Crippen LogP) is 2.81. The molecule has 0 spiro atoms. The highest BCUT2D eigenvalue weighted by atomic mass is 32.1. The van der Waals surface area contributed by atoms with Crippen LogP contribution in [0.1, 0.15) is 39.5 Å². The van der Waals surface area contributed by atoms with Crippen LogP contribution >= 0.6 is 11.3 Å². The largest absolute Gasteiger partial charge is 0.349 e. The number of hydroxylamine groups is 1. The maximum atomic E-state index is 5.47. The van der Waals surface area contributed by atoms with Crippen LogP contribution in [0, 0.1) is 0 Å². The average Bonchev–Trinajstić information content (AvgIpc) is 2.67. The van der Waals surface area contributed by atoms with Crippen molar-refractivity contribution in [3.05, 3.63) is 11.1 Å². The fraction of sp³-hybridized carbons (Fsp3) is 0.750.